The summed E-state index contributed by atoms with van der Waals surface area (Å²) in [4.78, 5) is 29.4. The minimum absolute atomic E-state index is 0.0173. The lowest BCUT2D eigenvalue weighted by Crippen LogP contribution is -2.48. The highest BCUT2D eigenvalue weighted by molar-refractivity contribution is 5.94. The maximum Gasteiger partial charge on any atom is 0.256 e. The van der Waals surface area contributed by atoms with Crippen LogP contribution in [0.4, 0.5) is 4.39 Å². The zero-order valence-electron chi connectivity index (χ0n) is 20.1. The van der Waals surface area contributed by atoms with Crippen molar-refractivity contribution < 1.29 is 18.7 Å². The Morgan fingerprint density at radius 3 is 2.47 bits per heavy atom. The van der Waals surface area contributed by atoms with E-state index in [1.807, 2.05) is 30.1 Å². The maximum absolute atomic E-state index is 14.2. The van der Waals surface area contributed by atoms with E-state index in [0.29, 0.717) is 39.1 Å². The standard InChI is InChI=1S/C28H35FN2O3/c1-30-21-28(16-18-31(19-17-28)27(33)23-11-3-4-12-24(23)29)15-7-6-10-22-9-2-5-13-25(22)34-20-8-14-26(30)32/h2-5,9,11-13H,6-8,10,14-21H2,1H3. The number of benzene rings is 2. The molecule has 34 heavy (non-hydrogen) atoms. The predicted octanol–water partition coefficient (Wildman–Crippen LogP) is 5.09. The Morgan fingerprint density at radius 2 is 1.68 bits per heavy atom. The van der Waals surface area contributed by atoms with Gasteiger partial charge in [0.05, 0.1) is 12.2 Å². The summed E-state index contributed by atoms with van der Waals surface area (Å²) in [5, 5.41) is 0. The van der Waals surface area contributed by atoms with E-state index in [-0.39, 0.29) is 22.8 Å². The molecule has 1 spiro atoms. The molecule has 0 aromatic heterocycles. The second-order valence-electron chi connectivity index (χ2n) is 9.79. The fourth-order valence-electron chi connectivity index (χ4n) is 5.33. The van der Waals surface area contributed by atoms with Gasteiger partial charge in [-0.2, -0.15) is 0 Å². The van der Waals surface area contributed by atoms with Crippen molar-refractivity contribution in [2.75, 3.05) is 33.3 Å². The number of rotatable bonds is 1. The first-order valence-corrected chi connectivity index (χ1v) is 12.5. The molecular weight excluding hydrogens is 431 g/mol. The molecule has 4 rings (SSSR count). The van der Waals surface area contributed by atoms with Crippen molar-refractivity contribution in [2.24, 2.45) is 5.41 Å². The molecule has 5 nitrogen and oxygen atoms in total. The van der Waals surface area contributed by atoms with Gasteiger partial charge in [-0.25, -0.2) is 4.39 Å². The van der Waals surface area contributed by atoms with Crippen LogP contribution in [-0.2, 0) is 11.2 Å². The highest BCUT2D eigenvalue weighted by Crippen LogP contribution is 2.38. The summed E-state index contributed by atoms with van der Waals surface area (Å²) in [6.07, 6.45) is 6.89. The third-order valence-electron chi connectivity index (χ3n) is 7.38. The monoisotopic (exact) mass is 466 g/mol. The van der Waals surface area contributed by atoms with Crippen LogP contribution >= 0.6 is 0 Å². The van der Waals surface area contributed by atoms with Crippen molar-refractivity contribution in [2.45, 2.75) is 51.4 Å². The van der Waals surface area contributed by atoms with Gasteiger partial charge in [-0.15, -0.1) is 0 Å². The molecule has 0 unspecified atom stereocenters. The summed E-state index contributed by atoms with van der Waals surface area (Å²) in [6, 6.07) is 14.4. The number of amides is 2. The lowest BCUT2D eigenvalue weighted by molar-refractivity contribution is -0.132. The molecule has 2 aliphatic rings. The number of piperidine rings is 1. The third kappa shape index (κ3) is 5.78. The number of fused-ring (bicyclic) bond motifs is 1. The normalized spacial score (nSPS) is 19.8. The SMILES string of the molecule is CN1CC2(CCCCc3ccccc3OCCCC1=O)CCN(C(=O)c1ccccc1F)CC2. The number of hydrogen-bond donors (Lipinski definition) is 0. The molecule has 2 aliphatic heterocycles. The molecule has 1 saturated heterocycles. The molecule has 1 fully saturated rings. The van der Waals surface area contributed by atoms with E-state index in [9.17, 15) is 14.0 Å². The average Bonchev–Trinajstić information content (AvgIpc) is 2.85. The zero-order valence-corrected chi connectivity index (χ0v) is 20.1. The lowest BCUT2D eigenvalue weighted by atomic mass is 9.73. The number of nitrogens with zero attached hydrogens (tertiary/aromatic N) is 2. The summed E-state index contributed by atoms with van der Waals surface area (Å²) >= 11 is 0. The quantitative estimate of drug-likeness (QED) is 0.588. The van der Waals surface area contributed by atoms with E-state index < -0.39 is 5.82 Å². The average molecular weight is 467 g/mol. The summed E-state index contributed by atoms with van der Waals surface area (Å²) in [6.45, 7) is 2.41. The molecular formula is C28H35FN2O3. The van der Waals surface area contributed by atoms with Gasteiger partial charge < -0.3 is 14.5 Å². The molecule has 6 heteroatoms. The Morgan fingerprint density at radius 1 is 0.941 bits per heavy atom. The fraction of sp³-hybridized carbons (Fsp3) is 0.500. The molecule has 0 radical (unpaired) electrons. The first-order valence-electron chi connectivity index (χ1n) is 12.5. The number of carbonyl (C=O) groups is 2. The summed E-state index contributed by atoms with van der Waals surface area (Å²) in [5.41, 5.74) is 1.34. The Kier molecular flexibility index (Phi) is 7.86. The number of para-hydroxylation sites is 1. The number of halogens is 1. The fourth-order valence-corrected chi connectivity index (χ4v) is 5.33. The summed E-state index contributed by atoms with van der Waals surface area (Å²) < 4.78 is 20.1. The maximum atomic E-state index is 14.2. The van der Waals surface area contributed by atoms with Crippen molar-refractivity contribution in [3.05, 3.63) is 65.5 Å². The van der Waals surface area contributed by atoms with Crippen molar-refractivity contribution in [1.29, 1.82) is 0 Å². The molecule has 2 amide bonds. The molecule has 2 aromatic rings. The first kappa shape index (κ1) is 24.2. The van der Waals surface area contributed by atoms with Gasteiger partial charge >= 0.3 is 0 Å². The minimum Gasteiger partial charge on any atom is -0.493 e. The van der Waals surface area contributed by atoms with Crippen molar-refractivity contribution >= 4 is 11.8 Å². The van der Waals surface area contributed by atoms with Crippen LogP contribution < -0.4 is 4.74 Å². The Hall–Kier alpha value is -2.89. The van der Waals surface area contributed by atoms with Crippen LogP contribution in [0.1, 0.15) is 60.9 Å². The minimum atomic E-state index is -0.472. The van der Waals surface area contributed by atoms with Crippen LogP contribution in [0.15, 0.2) is 48.5 Å². The predicted molar refractivity (Wildman–Crippen MR) is 130 cm³/mol. The molecule has 0 aliphatic carbocycles. The highest BCUT2D eigenvalue weighted by atomic mass is 19.1. The van der Waals surface area contributed by atoms with Gasteiger partial charge in [-0.05, 0) is 67.7 Å². The van der Waals surface area contributed by atoms with Crippen LogP contribution in [0.5, 0.6) is 5.75 Å². The van der Waals surface area contributed by atoms with Gasteiger partial charge in [-0.1, -0.05) is 36.8 Å². The largest absolute Gasteiger partial charge is 0.493 e. The molecule has 0 bridgehead atoms. The van der Waals surface area contributed by atoms with Crippen LogP contribution in [0.3, 0.4) is 0 Å². The lowest BCUT2D eigenvalue weighted by Gasteiger charge is -2.44. The molecule has 0 N–H and O–H groups in total. The smallest absolute Gasteiger partial charge is 0.256 e. The zero-order chi connectivity index (χ0) is 24.0. The number of hydrogen-bond acceptors (Lipinski definition) is 3. The molecule has 0 saturated carbocycles. The first-order chi connectivity index (χ1) is 16.5. The number of carbonyl (C=O) groups excluding carboxylic acids is 2. The summed E-state index contributed by atoms with van der Waals surface area (Å²) in [7, 11) is 1.89. The Balaban J connectivity index is 1.45. The highest BCUT2D eigenvalue weighted by Gasteiger charge is 2.37. The second-order valence-corrected chi connectivity index (χ2v) is 9.79. The Bertz CT molecular complexity index is 1000. The van der Waals surface area contributed by atoms with Gasteiger partial charge in [0.25, 0.3) is 5.91 Å². The van der Waals surface area contributed by atoms with Crippen LogP contribution in [0, 0.1) is 11.2 Å². The molecule has 0 atom stereocenters. The van der Waals surface area contributed by atoms with E-state index in [0.717, 1.165) is 44.3 Å². The van der Waals surface area contributed by atoms with Crippen molar-refractivity contribution in [3.63, 3.8) is 0 Å². The number of aryl methyl sites for hydroxylation is 1. The van der Waals surface area contributed by atoms with Gasteiger partial charge in [0.15, 0.2) is 0 Å². The Labute approximate surface area is 201 Å². The van der Waals surface area contributed by atoms with Crippen LogP contribution in [0.25, 0.3) is 0 Å². The number of likely N-dealkylation sites (tertiary alicyclic amines) is 1. The number of ether oxygens (including phenoxy) is 1. The van der Waals surface area contributed by atoms with E-state index in [2.05, 4.69) is 6.07 Å². The third-order valence-corrected chi connectivity index (χ3v) is 7.38. The van der Waals surface area contributed by atoms with Gasteiger partial charge in [-0.3, -0.25) is 9.59 Å². The van der Waals surface area contributed by atoms with E-state index >= 15 is 0 Å². The molecule has 182 valence electrons. The van der Waals surface area contributed by atoms with Crippen LogP contribution in [0.2, 0.25) is 0 Å². The van der Waals surface area contributed by atoms with Crippen LogP contribution in [-0.4, -0.2) is 54.9 Å². The van der Waals surface area contributed by atoms with E-state index in [1.165, 1.54) is 11.6 Å². The molecule has 2 aromatic carbocycles. The summed E-state index contributed by atoms with van der Waals surface area (Å²) in [5.74, 6) is 0.350. The van der Waals surface area contributed by atoms with Crippen molar-refractivity contribution in [1.82, 2.24) is 9.80 Å². The van der Waals surface area contributed by atoms with Crippen molar-refractivity contribution in [3.8, 4) is 5.75 Å². The van der Waals surface area contributed by atoms with Gasteiger partial charge in [0, 0.05) is 33.1 Å². The van der Waals surface area contributed by atoms with E-state index in [4.69, 9.17) is 4.74 Å². The molecule has 2 heterocycles. The van der Waals surface area contributed by atoms with Gasteiger partial charge in [0.1, 0.15) is 11.6 Å². The van der Waals surface area contributed by atoms with E-state index in [1.54, 1.807) is 23.1 Å². The topological polar surface area (TPSA) is 49.9 Å². The second kappa shape index (κ2) is 11.0. The van der Waals surface area contributed by atoms with Gasteiger partial charge in [0.2, 0.25) is 5.91 Å².